The number of hydrogen-bond donors (Lipinski definition) is 1. The van der Waals surface area contributed by atoms with Gasteiger partial charge in [-0.25, -0.2) is 4.39 Å². The van der Waals surface area contributed by atoms with E-state index in [1.165, 1.54) is 6.07 Å². The Bertz CT molecular complexity index is 392. The van der Waals surface area contributed by atoms with E-state index in [2.05, 4.69) is 0 Å². The van der Waals surface area contributed by atoms with Crippen LogP contribution in [0.3, 0.4) is 0 Å². The second-order valence-corrected chi connectivity index (χ2v) is 3.92. The minimum atomic E-state index is -0.440. The van der Waals surface area contributed by atoms with Crippen LogP contribution in [0.15, 0.2) is 12.1 Å². The highest BCUT2D eigenvalue weighted by atomic mass is 19.1. The third-order valence-corrected chi connectivity index (χ3v) is 2.65. The van der Waals surface area contributed by atoms with E-state index < -0.39 is 5.82 Å². The molecule has 1 saturated heterocycles. The molecule has 0 unspecified atom stereocenters. The Morgan fingerprint density at radius 1 is 1.47 bits per heavy atom. The van der Waals surface area contributed by atoms with E-state index >= 15 is 0 Å². The summed E-state index contributed by atoms with van der Waals surface area (Å²) in [5.41, 5.74) is 6.84. The Labute approximate surface area is 100 Å². The van der Waals surface area contributed by atoms with E-state index in [1.54, 1.807) is 11.1 Å². The van der Waals surface area contributed by atoms with Gasteiger partial charge in [-0.3, -0.25) is 9.90 Å². The highest BCUT2D eigenvalue weighted by Gasteiger charge is 2.17. The zero-order chi connectivity index (χ0) is 12.3. The highest BCUT2D eigenvalue weighted by molar-refractivity contribution is 5.69. The molecule has 4 nitrogen and oxygen atoms in total. The lowest BCUT2D eigenvalue weighted by Crippen LogP contribution is -2.30. The maximum atomic E-state index is 13.5. The zero-order valence-corrected chi connectivity index (χ0v) is 9.91. The van der Waals surface area contributed by atoms with Crippen LogP contribution in [0.2, 0.25) is 0 Å². The van der Waals surface area contributed by atoms with Gasteiger partial charge in [0.15, 0.2) is 11.6 Å². The molecule has 0 aliphatic carbocycles. The Kier molecular flexibility index (Phi) is 3.68. The van der Waals surface area contributed by atoms with Crippen LogP contribution in [0.1, 0.15) is 19.8 Å². The fraction of sp³-hybridized carbons (Fsp3) is 0.500. The number of rotatable bonds is 3. The molecule has 0 spiro atoms. The zero-order valence-electron chi connectivity index (χ0n) is 9.91. The van der Waals surface area contributed by atoms with Crippen molar-refractivity contribution < 1.29 is 14.0 Å². The summed E-state index contributed by atoms with van der Waals surface area (Å²) in [5, 5.41) is 1.71. The molecule has 0 amide bonds. The minimum absolute atomic E-state index is 0.214. The first-order chi connectivity index (χ1) is 8.22. The number of hydroxylamine groups is 1. The topological polar surface area (TPSA) is 47.7 Å². The molecule has 2 N–H and O–H groups in total. The Morgan fingerprint density at radius 3 is 2.94 bits per heavy atom. The van der Waals surface area contributed by atoms with Gasteiger partial charge in [-0.2, -0.15) is 0 Å². The van der Waals surface area contributed by atoms with Gasteiger partial charge in [-0.05, 0) is 19.8 Å². The van der Waals surface area contributed by atoms with Gasteiger partial charge in [-0.15, -0.1) is 0 Å². The molecule has 94 valence electrons. The normalized spacial score (nSPS) is 16.0. The summed E-state index contributed by atoms with van der Waals surface area (Å²) in [5.74, 6) is -0.226. The molecule has 1 aliphatic heterocycles. The number of nitrogens with zero attached hydrogens (tertiary/aromatic N) is 1. The maximum absolute atomic E-state index is 13.5. The lowest BCUT2D eigenvalue weighted by molar-refractivity contribution is 0.0780. The van der Waals surface area contributed by atoms with Crippen LogP contribution >= 0.6 is 0 Å². The van der Waals surface area contributed by atoms with E-state index in [4.69, 9.17) is 15.3 Å². The average Bonchev–Trinajstić information content (AvgIpc) is 2.34. The molecule has 0 atom stereocenters. The average molecular weight is 240 g/mol. The summed E-state index contributed by atoms with van der Waals surface area (Å²) in [6, 6.07) is 2.87. The van der Waals surface area contributed by atoms with E-state index in [1.807, 2.05) is 6.92 Å². The first kappa shape index (κ1) is 12.0. The second-order valence-electron chi connectivity index (χ2n) is 3.92. The maximum Gasteiger partial charge on any atom is 0.167 e. The monoisotopic (exact) mass is 240 g/mol. The number of hydrogen-bond acceptors (Lipinski definition) is 4. The van der Waals surface area contributed by atoms with Gasteiger partial charge in [0.2, 0.25) is 0 Å². The van der Waals surface area contributed by atoms with Crippen molar-refractivity contribution in [1.29, 1.82) is 0 Å². The van der Waals surface area contributed by atoms with Crippen molar-refractivity contribution in [2.75, 3.05) is 30.6 Å². The summed E-state index contributed by atoms with van der Waals surface area (Å²) in [6.07, 6.45) is 2.08. The summed E-state index contributed by atoms with van der Waals surface area (Å²) in [4.78, 5) is 5.49. The van der Waals surface area contributed by atoms with Crippen LogP contribution in [-0.4, -0.2) is 19.8 Å². The van der Waals surface area contributed by atoms with Gasteiger partial charge in [-0.1, -0.05) is 0 Å². The summed E-state index contributed by atoms with van der Waals surface area (Å²) in [7, 11) is 0. The van der Waals surface area contributed by atoms with Crippen LogP contribution in [0, 0.1) is 5.82 Å². The van der Waals surface area contributed by atoms with Gasteiger partial charge in [0.25, 0.3) is 0 Å². The Balaban J connectivity index is 2.28. The molecule has 1 fully saturated rings. The van der Waals surface area contributed by atoms with Crippen molar-refractivity contribution in [3.05, 3.63) is 17.9 Å². The van der Waals surface area contributed by atoms with E-state index in [-0.39, 0.29) is 5.75 Å². The van der Waals surface area contributed by atoms with Gasteiger partial charge in [0.05, 0.1) is 24.6 Å². The largest absolute Gasteiger partial charge is 0.491 e. The minimum Gasteiger partial charge on any atom is -0.491 e. The predicted molar refractivity (Wildman–Crippen MR) is 64.5 cm³/mol. The van der Waals surface area contributed by atoms with Crippen LogP contribution in [0.4, 0.5) is 15.8 Å². The predicted octanol–water partition coefficient (Wildman–Crippen LogP) is 2.34. The van der Waals surface area contributed by atoms with E-state index in [9.17, 15) is 4.39 Å². The molecule has 1 aromatic carbocycles. The molecule has 2 rings (SSSR count). The summed E-state index contributed by atoms with van der Waals surface area (Å²) in [6.45, 7) is 3.66. The molecule has 0 bridgehead atoms. The van der Waals surface area contributed by atoms with Gasteiger partial charge in [0.1, 0.15) is 0 Å². The fourth-order valence-electron chi connectivity index (χ4n) is 1.83. The second kappa shape index (κ2) is 5.23. The van der Waals surface area contributed by atoms with Crippen molar-refractivity contribution in [1.82, 2.24) is 0 Å². The molecule has 5 heteroatoms. The van der Waals surface area contributed by atoms with Crippen molar-refractivity contribution in [3.63, 3.8) is 0 Å². The van der Waals surface area contributed by atoms with Crippen LogP contribution in [-0.2, 0) is 4.84 Å². The number of nitrogen functional groups attached to an aromatic ring is 1. The first-order valence-electron chi connectivity index (χ1n) is 5.84. The Morgan fingerprint density at radius 2 is 2.29 bits per heavy atom. The molecular formula is C12H17FN2O2. The molecule has 0 saturated carbocycles. The highest BCUT2D eigenvalue weighted by Crippen LogP contribution is 2.32. The number of ether oxygens (including phenoxy) is 1. The third-order valence-electron chi connectivity index (χ3n) is 2.65. The van der Waals surface area contributed by atoms with Crippen molar-refractivity contribution >= 4 is 11.4 Å². The van der Waals surface area contributed by atoms with Gasteiger partial charge >= 0.3 is 0 Å². The molecule has 0 radical (unpaired) electrons. The Hall–Kier alpha value is -1.49. The quantitative estimate of drug-likeness (QED) is 0.824. The lowest BCUT2D eigenvalue weighted by Gasteiger charge is -2.29. The standard InChI is InChI=1S/C12H17FN2O2/c1-2-16-12-8-11(10(14)7-9(12)13)15-5-3-4-6-17-15/h7-8H,2-6,14H2,1H3. The molecule has 1 heterocycles. The van der Waals surface area contributed by atoms with Crippen LogP contribution in [0.25, 0.3) is 0 Å². The van der Waals surface area contributed by atoms with Crippen molar-refractivity contribution in [2.24, 2.45) is 0 Å². The van der Waals surface area contributed by atoms with Crippen LogP contribution < -0.4 is 15.5 Å². The smallest absolute Gasteiger partial charge is 0.167 e. The summed E-state index contributed by atoms with van der Waals surface area (Å²) < 4.78 is 18.7. The fourth-order valence-corrected chi connectivity index (χ4v) is 1.83. The van der Waals surface area contributed by atoms with E-state index in [0.29, 0.717) is 24.6 Å². The van der Waals surface area contributed by atoms with Gasteiger partial charge in [0, 0.05) is 18.7 Å². The number of halogens is 1. The summed E-state index contributed by atoms with van der Waals surface area (Å²) >= 11 is 0. The third kappa shape index (κ3) is 2.61. The number of anilines is 2. The molecule has 1 aliphatic rings. The van der Waals surface area contributed by atoms with Crippen molar-refractivity contribution in [2.45, 2.75) is 19.8 Å². The SMILES string of the molecule is CCOc1cc(N2CCCCO2)c(N)cc1F. The van der Waals surface area contributed by atoms with Gasteiger partial charge < -0.3 is 10.5 Å². The number of benzene rings is 1. The van der Waals surface area contributed by atoms with Crippen LogP contribution in [0.5, 0.6) is 5.75 Å². The number of nitrogens with two attached hydrogens (primary N) is 1. The molecule has 1 aromatic rings. The first-order valence-corrected chi connectivity index (χ1v) is 5.84. The molecular weight excluding hydrogens is 223 g/mol. The van der Waals surface area contributed by atoms with E-state index in [0.717, 1.165) is 19.4 Å². The molecule has 0 aromatic heterocycles. The molecule has 17 heavy (non-hydrogen) atoms. The van der Waals surface area contributed by atoms with Crippen molar-refractivity contribution in [3.8, 4) is 5.75 Å². The lowest BCUT2D eigenvalue weighted by atomic mass is 10.2.